The Labute approximate surface area is 120 Å². The van der Waals surface area contributed by atoms with Crippen LogP contribution in [0.2, 0.25) is 0 Å². The molecule has 2 rings (SSSR count). The SMILES string of the molecule is CN1C(CC#N)CN(c2cccc(C#N)c2)CC1(C)C. The molecule has 1 atom stereocenters. The molecule has 0 N–H and O–H groups in total. The van der Waals surface area contributed by atoms with Gasteiger partial charge in [0.25, 0.3) is 0 Å². The van der Waals surface area contributed by atoms with Crippen LogP contribution in [0.4, 0.5) is 5.69 Å². The quantitative estimate of drug-likeness (QED) is 0.826. The van der Waals surface area contributed by atoms with E-state index in [0.29, 0.717) is 12.0 Å². The Bertz CT molecular complexity index is 565. The number of nitriles is 2. The lowest BCUT2D eigenvalue weighted by atomic mass is 9.94. The van der Waals surface area contributed by atoms with E-state index < -0.39 is 0 Å². The molecule has 104 valence electrons. The predicted molar refractivity (Wildman–Crippen MR) is 79.2 cm³/mol. The largest absolute Gasteiger partial charge is 0.368 e. The number of benzene rings is 1. The molecular weight excluding hydrogens is 248 g/mol. The molecule has 1 aliphatic rings. The van der Waals surface area contributed by atoms with Crippen molar-refractivity contribution in [3.05, 3.63) is 29.8 Å². The van der Waals surface area contributed by atoms with E-state index in [-0.39, 0.29) is 11.6 Å². The van der Waals surface area contributed by atoms with Crippen LogP contribution in [0.3, 0.4) is 0 Å². The van der Waals surface area contributed by atoms with Gasteiger partial charge in [0.15, 0.2) is 0 Å². The summed E-state index contributed by atoms with van der Waals surface area (Å²) in [7, 11) is 2.09. The summed E-state index contributed by atoms with van der Waals surface area (Å²) in [4.78, 5) is 4.57. The van der Waals surface area contributed by atoms with Crippen LogP contribution in [0, 0.1) is 22.7 Å². The average Bonchev–Trinajstić information content (AvgIpc) is 2.44. The number of likely N-dealkylation sites (N-methyl/N-ethyl adjacent to an activating group) is 1. The first-order valence-electron chi connectivity index (χ1n) is 6.83. The fourth-order valence-corrected chi connectivity index (χ4v) is 2.79. The maximum Gasteiger partial charge on any atom is 0.0992 e. The van der Waals surface area contributed by atoms with Crippen molar-refractivity contribution in [1.29, 1.82) is 10.5 Å². The van der Waals surface area contributed by atoms with Gasteiger partial charge < -0.3 is 4.90 Å². The van der Waals surface area contributed by atoms with Gasteiger partial charge in [0, 0.05) is 30.4 Å². The number of piperazine rings is 1. The summed E-state index contributed by atoms with van der Waals surface area (Å²) < 4.78 is 0. The molecule has 1 fully saturated rings. The summed E-state index contributed by atoms with van der Waals surface area (Å²) in [5, 5.41) is 18.0. The molecule has 1 unspecified atom stereocenters. The molecule has 0 saturated carbocycles. The van der Waals surface area contributed by atoms with Crippen molar-refractivity contribution < 1.29 is 0 Å². The average molecular weight is 268 g/mol. The number of anilines is 1. The molecule has 0 aromatic heterocycles. The normalized spacial score (nSPS) is 22.1. The minimum absolute atomic E-state index is 0.00240. The van der Waals surface area contributed by atoms with Gasteiger partial charge in [0.2, 0.25) is 0 Å². The van der Waals surface area contributed by atoms with Gasteiger partial charge in [-0.2, -0.15) is 10.5 Å². The first-order chi connectivity index (χ1) is 9.47. The summed E-state index contributed by atoms with van der Waals surface area (Å²) in [5.41, 5.74) is 1.74. The van der Waals surface area contributed by atoms with Crippen LogP contribution in [-0.4, -0.2) is 36.6 Å². The van der Waals surface area contributed by atoms with Crippen LogP contribution < -0.4 is 4.90 Å². The highest BCUT2D eigenvalue weighted by molar-refractivity contribution is 5.52. The second-order valence-electron chi connectivity index (χ2n) is 5.98. The van der Waals surface area contributed by atoms with Crippen molar-refractivity contribution in [2.24, 2.45) is 0 Å². The first-order valence-corrected chi connectivity index (χ1v) is 6.83. The van der Waals surface area contributed by atoms with Crippen LogP contribution in [0.5, 0.6) is 0 Å². The Morgan fingerprint density at radius 1 is 1.35 bits per heavy atom. The number of hydrogen-bond acceptors (Lipinski definition) is 4. The highest BCUT2D eigenvalue weighted by atomic mass is 15.3. The standard InChI is InChI=1S/C16H20N4/c1-16(2)12-20(11-15(7-8-17)19(16)3)14-6-4-5-13(9-14)10-18/h4-6,9,15H,7,11-12H2,1-3H3. The van der Waals surface area contributed by atoms with Crippen molar-refractivity contribution in [2.45, 2.75) is 31.8 Å². The van der Waals surface area contributed by atoms with Crippen LogP contribution in [-0.2, 0) is 0 Å². The fourth-order valence-electron chi connectivity index (χ4n) is 2.79. The molecular formula is C16H20N4. The molecule has 1 aromatic rings. The van der Waals surface area contributed by atoms with Crippen LogP contribution >= 0.6 is 0 Å². The molecule has 0 spiro atoms. The lowest BCUT2D eigenvalue weighted by Gasteiger charge is -2.50. The summed E-state index contributed by atoms with van der Waals surface area (Å²) >= 11 is 0. The molecule has 0 amide bonds. The van der Waals surface area contributed by atoms with Crippen LogP contribution in [0.1, 0.15) is 25.8 Å². The zero-order valence-electron chi connectivity index (χ0n) is 12.3. The summed E-state index contributed by atoms with van der Waals surface area (Å²) in [5.74, 6) is 0. The maximum atomic E-state index is 9.02. The van der Waals surface area contributed by atoms with E-state index in [9.17, 15) is 0 Å². The molecule has 4 heteroatoms. The Kier molecular flexibility index (Phi) is 3.97. The van der Waals surface area contributed by atoms with Gasteiger partial charge in [0.1, 0.15) is 0 Å². The molecule has 20 heavy (non-hydrogen) atoms. The van der Waals surface area contributed by atoms with Gasteiger partial charge in [-0.25, -0.2) is 0 Å². The Morgan fingerprint density at radius 2 is 2.10 bits per heavy atom. The summed E-state index contributed by atoms with van der Waals surface area (Å²) in [6, 6.07) is 12.4. The van der Waals surface area contributed by atoms with Crippen molar-refractivity contribution >= 4 is 5.69 Å². The third kappa shape index (κ3) is 2.76. The molecule has 0 bridgehead atoms. The van der Waals surface area contributed by atoms with Gasteiger partial charge in [-0.05, 0) is 39.1 Å². The van der Waals surface area contributed by atoms with E-state index in [0.717, 1.165) is 18.8 Å². The molecule has 0 aliphatic carbocycles. The number of rotatable bonds is 2. The topological polar surface area (TPSA) is 54.1 Å². The van der Waals surface area contributed by atoms with Crippen LogP contribution in [0.25, 0.3) is 0 Å². The van der Waals surface area contributed by atoms with Crippen molar-refractivity contribution in [3.63, 3.8) is 0 Å². The Morgan fingerprint density at radius 3 is 2.75 bits per heavy atom. The molecule has 4 nitrogen and oxygen atoms in total. The molecule has 1 aliphatic heterocycles. The van der Waals surface area contributed by atoms with E-state index >= 15 is 0 Å². The number of hydrogen-bond donors (Lipinski definition) is 0. The van der Waals surface area contributed by atoms with E-state index in [2.05, 4.69) is 42.8 Å². The zero-order valence-corrected chi connectivity index (χ0v) is 12.3. The molecule has 0 radical (unpaired) electrons. The minimum Gasteiger partial charge on any atom is -0.368 e. The predicted octanol–water partition coefficient (Wildman–Crippen LogP) is 2.37. The lowest BCUT2D eigenvalue weighted by molar-refractivity contribution is 0.0826. The number of nitrogens with zero attached hydrogens (tertiary/aromatic N) is 4. The highest BCUT2D eigenvalue weighted by Crippen LogP contribution is 2.29. The van der Waals surface area contributed by atoms with Gasteiger partial charge in [-0.15, -0.1) is 0 Å². The Balaban J connectivity index is 2.28. The van der Waals surface area contributed by atoms with Gasteiger partial charge in [0.05, 0.1) is 24.1 Å². The first kappa shape index (κ1) is 14.4. The zero-order chi connectivity index (χ0) is 14.8. The fraction of sp³-hybridized carbons (Fsp3) is 0.500. The lowest BCUT2D eigenvalue weighted by Crippen LogP contribution is -2.62. The second kappa shape index (κ2) is 5.53. The van der Waals surface area contributed by atoms with Crippen molar-refractivity contribution in [3.8, 4) is 12.1 Å². The smallest absolute Gasteiger partial charge is 0.0992 e. The van der Waals surface area contributed by atoms with Crippen molar-refractivity contribution in [2.75, 3.05) is 25.0 Å². The maximum absolute atomic E-state index is 9.02. The third-order valence-corrected chi connectivity index (χ3v) is 4.18. The molecule has 1 heterocycles. The summed E-state index contributed by atoms with van der Waals surface area (Å²) in [6.07, 6.45) is 0.522. The van der Waals surface area contributed by atoms with Gasteiger partial charge in [-0.3, -0.25) is 4.90 Å². The van der Waals surface area contributed by atoms with Crippen LogP contribution in [0.15, 0.2) is 24.3 Å². The minimum atomic E-state index is 0.00240. The van der Waals surface area contributed by atoms with E-state index in [1.165, 1.54) is 0 Å². The van der Waals surface area contributed by atoms with E-state index in [1.807, 2.05) is 24.3 Å². The molecule has 1 saturated heterocycles. The van der Waals surface area contributed by atoms with Crippen molar-refractivity contribution in [1.82, 2.24) is 4.90 Å². The van der Waals surface area contributed by atoms with E-state index in [1.54, 1.807) is 0 Å². The monoisotopic (exact) mass is 268 g/mol. The second-order valence-corrected chi connectivity index (χ2v) is 5.98. The van der Waals surface area contributed by atoms with Gasteiger partial charge in [-0.1, -0.05) is 6.07 Å². The summed E-state index contributed by atoms with van der Waals surface area (Å²) in [6.45, 7) is 6.10. The van der Waals surface area contributed by atoms with Gasteiger partial charge >= 0.3 is 0 Å². The third-order valence-electron chi connectivity index (χ3n) is 4.18. The highest BCUT2D eigenvalue weighted by Gasteiger charge is 2.37. The molecule has 1 aromatic carbocycles. The Hall–Kier alpha value is -2.04. The van der Waals surface area contributed by atoms with E-state index in [4.69, 9.17) is 10.5 Å².